The van der Waals surface area contributed by atoms with Crippen LogP contribution < -0.4 is 0 Å². The highest BCUT2D eigenvalue weighted by Gasteiger charge is 2.27. The van der Waals surface area contributed by atoms with E-state index in [-0.39, 0.29) is 0 Å². The first kappa shape index (κ1) is 30.8. The van der Waals surface area contributed by atoms with Crippen LogP contribution in [-0.4, -0.2) is 23.5 Å². The van der Waals surface area contributed by atoms with E-state index in [1.807, 2.05) is 11.3 Å². The Labute approximate surface area is 342 Å². The molecule has 7 aromatic heterocycles. The van der Waals surface area contributed by atoms with Gasteiger partial charge in [-0.25, -0.2) is 9.97 Å². The van der Waals surface area contributed by atoms with Crippen molar-refractivity contribution in [3.63, 3.8) is 0 Å². The molecule has 0 atom stereocenters. The summed E-state index contributed by atoms with van der Waals surface area (Å²) in [6.45, 7) is 0. The summed E-state index contributed by atoms with van der Waals surface area (Å²) in [5, 5.41) is 11.4. The Bertz CT molecular complexity index is 4200. The number of hydrogen-bond acceptors (Lipinski definition) is 4. The summed E-state index contributed by atoms with van der Waals surface area (Å²) < 4.78 is 12.1. The Morgan fingerprint density at radius 3 is 1.80 bits per heavy atom. The SMILES string of the molecule is c1ccc2c(c1)sc1c(-c3ccc(-n4c5ccccc5c5ccccc54)cc3)nc(-n3c4ccc5sc6ccc7c8ccccc8n8c9cccc3c9c4c5c6c78)nc12. The van der Waals surface area contributed by atoms with Crippen LogP contribution in [0.3, 0.4) is 0 Å². The minimum absolute atomic E-state index is 0.682. The molecule has 0 aliphatic heterocycles. The van der Waals surface area contributed by atoms with Crippen LogP contribution in [0.4, 0.5) is 0 Å². The molecule has 0 radical (unpaired) electrons. The molecule has 0 amide bonds. The zero-order valence-corrected chi connectivity index (χ0v) is 32.8. The van der Waals surface area contributed by atoms with Gasteiger partial charge in [-0.3, -0.25) is 4.57 Å². The van der Waals surface area contributed by atoms with E-state index in [1.165, 1.54) is 84.8 Å². The van der Waals surface area contributed by atoms with Gasteiger partial charge in [0, 0.05) is 73.8 Å². The average molecular weight is 786 g/mol. The normalized spacial score (nSPS) is 12.7. The first-order chi connectivity index (χ1) is 29.3. The number of rotatable bonds is 3. The zero-order valence-electron chi connectivity index (χ0n) is 31.1. The van der Waals surface area contributed by atoms with Crippen LogP contribution in [0.5, 0.6) is 0 Å². The molecule has 7 heterocycles. The maximum Gasteiger partial charge on any atom is 0.235 e. The van der Waals surface area contributed by atoms with Gasteiger partial charge in [-0.2, -0.15) is 0 Å². The molecule has 59 heavy (non-hydrogen) atoms. The largest absolute Gasteiger partial charge is 0.309 e. The number of para-hydroxylation sites is 3. The highest BCUT2D eigenvalue weighted by atomic mass is 32.1. The molecular weight excluding hydrogens is 759 g/mol. The molecule has 15 rings (SSSR count). The quantitative estimate of drug-likeness (QED) is 0.179. The summed E-state index contributed by atoms with van der Waals surface area (Å²) in [4.78, 5) is 11.1. The topological polar surface area (TPSA) is 40.0 Å². The Morgan fingerprint density at radius 2 is 1.00 bits per heavy atom. The number of nitrogens with zero attached hydrogens (tertiary/aromatic N) is 5. The van der Waals surface area contributed by atoms with Crippen LogP contribution >= 0.6 is 22.7 Å². The van der Waals surface area contributed by atoms with E-state index < -0.39 is 0 Å². The third-order valence-corrected chi connectivity index (χ3v) is 15.1. The predicted molar refractivity (Wildman–Crippen MR) is 250 cm³/mol. The predicted octanol–water partition coefficient (Wildman–Crippen LogP) is 14.5. The first-order valence-corrected chi connectivity index (χ1v) is 21.6. The van der Waals surface area contributed by atoms with E-state index in [0.717, 1.165) is 43.6 Å². The van der Waals surface area contributed by atoms with Gasteiger partial charge in [0.25, 0.3) is 0 Å². The molecule has 0 saturated heterocycles. The zero-order chi connectivity index (χ0) is 38.1. The molecule has 8 aromatic carbocycles. The molecule has 0 spiro atoms. The van der Waals surface area contributed by atoms with Crippen LogP contribution in [0.15, 0.2) is 164 Å². The molecule has 272 valence electrons. The van der Waals surface area contributed by atoms with Gasteiger partial charge in [0.05, 0.1) is 54.5 Å². The second-order valence-corrected chi connectivity index (χ2v) is 17.8. The summed E-state index contributed by atoms with van der Waals surface area (Å²) in [5.41, 5.74) is 12.5. The van der Waals surface area contributed by atoms with E-state index in [4.69, 9.17) is 9.97 Å². The van der Waals surface area contributed by atoms with Crippen LogP contribution in [-0.2, 0) is 0 Å². The van der Waals surface area contributed by atoms with Crippen LogP contribution in [0.25, 0.3) is 134 Å². The lowest BCUT2D eigenvalue weighted by atomic mass is 10.0. The van der Waals surface area contributed by atoms with E-state index in [2.05, 4.69) is 177 Å². The maximum atomic E-state index is 5.61. The first-order valence-electron chi connectivity index (χ1n) is 19.9. The van der Waals surface area contributed by atoms with Crippen molar-refractivity contribution in [2.45, 2.75) is 0 Å². The third-order valence-electron chi connectivity index (χ3n) is 12.8. The van der Waals surface area contributed by atoms with Crippen molar-refractivity contribution in [3.8, 4) is 22.9 Å². The van der Waals surface area contributed by atoms with Gasteiger partial charge in [-0.05, 0) is 66.7 Å². The highest BCUT2D eigenvalue weighted by Crippen LogP contribution is 2.50. The van der Waals surface area contributed by atoms with E-state index in [0.29, 0.717) is 5.95 Å². The number of aromatic nitrogens is 5. The number of thiophene rings is 2. The maximum absolute atomic E-state index is 5.61. The van der Waals surface area contributed by atoms with E-state index >= 15 is 0 Å². The molecule has 0 unspecified atom stereocenters. The standard InChI is InChI=1S/C52H27N5S2/c1-5-14-35-30(10-1)31-11-2-6-15-36(31)55(35)29-22-20-28(21-23-29)48-51-49(34-13-4-8-19-41(34)59-51)54-52(53-48)57-39-18-9-17-38-44(39)45-40(57)25-27-42-46(45)47-43(58-42)26-24-33-32-12-3-7-16-37(32)56(38)50(33)47/h1-27H. The summed E-state index contributed by atoms with van der Waals surface area (Å²) in [6.07, 6.45) is 0. The second-order valence-electron chi connectivity index (χ2n) is 15.7. The fourth-order valence-corrected chi connectivity index (χ4v) is 12.7. The van der Waals surface area contributed by atoms with Crippen LogP contribution in [0.2, 0.25) is 0 Å². The minimum atomic E-state index is 0.682. The second kappa shape index (κ2) is 10.8. The molecule has 5 nitrogen and oxygen atoms in total. The van der Waals surface area contributed by atoms with Gasteiger partial charge >= 0.3 is 0 Å². The lowest BCUT2D eigenvalue weighted by molar-refractivity contribution is 1.02. The van der Waals surface area contributed by atoms with Crippen molar-refractivity contribution in [1.29, 1.82) is 0 Å². The van der Waals surface area contributed by atoms with Gasteiger partial charge in [-0.1, -0.05) is 97.1 Å². The minimum Gasteiger partial charge on any atom is -0.309 e. The molecule has 7 heteroatoms. The van der Waals surface area contributed by atoms with Crippen molar-refractivity contribution in [3.05, 3.63) is 164 Å². The van der Waals surface area contributed by atoms with Gasteiger partial charge in [-0.15, -0.1) is 22.7 Å². The van der Waals surface area contributed by atoms with Crippen molar-refractivity contribution in [2.75, 3.05) is 0 Å². The van der Waals surface area contributed by atoms with Crippen molar-refractivity contribution in [2.24, 2.45) is 0 Å². The lowest BCUT2D eigenvalue weighted by Gasteiger charge is -2.12. The van der Waals surface area contributed by atoms with E-state index in [9.17, 15) is 0 Å². The molecule has 0 saturated carbocycles. The molecule has 0 aliphatic rings. The Kier molecular flexibility index (Phi) is 5.63. The number of hydrogen-bond donors (Lipinski definition) is 0. The van der Waals surface area contributed by atoms with Crippen molar-refractivity contribution < 1.29 is 0 Å². The third kappa shape index (κ3) is 3.76. The average Bonchev–Trinajstić information content (AvgIpc) is 4.08. The smallest absolute Gasteiger partial charge is 0.235 e. The highest BCUT2D eigenvalue weighted by molar-refractivity contribution is 7.26. The van der Waals surface area contributed by atoms with Gasteiger partial charge in [0.1, 0.15) is 0 Å². The molecule has 0 bridgehead atoms. The fraction of sp³-hybridized carbons (Fsp3) is 0. The van der Waals surface area contributed by atoms with E-state index in [1.54, 1.807) is 11.3 Å². The Hall–Kier alpha value is -7.32. The van der Waals surface area contributed by atoms with Gasteiger partial charge < -0.3 is 8.97 Å². The molecule has 0 fully saturated rings. The summed E-state index contributed by atoms with van der Waals surface area (Å²) in [5.74, 6) is 0.682. The van der Waals surface area contributed by atoms with Gasteiger partial charge in [0.15, 0.2) is 0 Å². The Balaban J connectivity index is 1.04. The number of fused-ring (bicyclic) bond motifs is 10. The summed E-state index contributed by atoms with van der Waals surface area (Å²) in [6, 6.07) is 59.8. The molecule has 0 aliphatic carbocycles. The molecular formula is C52H27N5S2. The van der Waals surface area contributed by atoms with Gasteiger partial charge in [0.2, 0.25) is 5.95 Å². The monoisotopic (exact) mass is 785 g/mol. The summed E-state index contributed by atoms with van der Waals surface area (Å²) >= 11 is 3.66. The van der Waals surface area contributed by atoms with Crippen LogP contribution in [0.1, 0.15) is 0 Å². The number of benzene rings is 8. The van der Waals surface area contributed by atoms with Crippen LogP contribution in [0, 0.1) is 0 Å². The molecule has 0 N–H and O–H groups in total. The lowest BCUT2D eigenvalue weighted by Crippen LogP contribution is -2.03. The van der Waals surface area contributed by atoms with Crippen molar-refractivity contribution >= 4 is 134 Å². The fourth-order valence-electron chi connectivity index (χ4n) is 10.4. The Morgan fingerprint density at radius 1 is 0.373 bits per heavy atom. The van der Waals surface area contributed by atoms with Crippen molar-refractivity contribution in [1.82, 2.24) is 23.5 Å². The molecule has 15 aromatic rings. The summed E-state index contributed by atoms with van der Waals surface area (Å²) in [7, 11) is 0.